The van der Waals surface area contributed by atoms with Crippen molar-refractivity contribution in [3.63, 3.8) is 0 Å². The molecule has 4 amide bonds. The van der Waals surface area contributed by atoms with Crippen LogP contribution in [0, 0.1) is 0 Å². The number of nitrogens with two attached hydrogens (primary N) is 3. The van der Waals surface area contributed by atoms with Crippen LogP contribution in [-0.4, -0.2) is 65.4 Å². The van der Waals surface area contributed by atoms with Gasteiger partial charge in [-0.1, -0.05) is 60.7 Å². The number of benzene rings is 2. The molecule has 0 aliphatic carbocycles. The van der Waals surface area contributed by atoms with Gasteiger partial charge in [0.15, 0.2) is 0 Å². The summed E-state index contributed by atoms with van der Waals surface area (Å²) in [4.78, 5) is 62.4. The van der Waals surface area contributed by atoms with E-state index in [1.165, 1.54) is 0 Å². The zero-order chi connectivity index (χ0) is 30.2. The Morgan fingerprint density at radius 2 is 1.20 bits per heavy atom. The third kappa shape index (κ3) is 12.2. The summed E-state index contributed by atoms with van der Waals surface area (Å²) in [6.45, 7) is 0.366. The van der Waals surface area contributed by atoms with Crippen molar-refractivity contribution in [3.05, 3.63) is 71.8 Å². The molecule has 0 saturated heterocycles. The second-order valence-corrected chi connectivity index (χ2v) is 9.80. The summed E-state index contributed by atoms with van der Waals surface area (Å²) in [6, 6.07) is 13.8. The number of primary amides is 1. The highest BCUT2D eigenvalue weighted by Crippen LogP contribution is 2.09. The fraction of sp³-hybridized carbons (Fsp3) is 0.414. The van der Waals surface area contributed by atoms with E-state index in [0.29, 0.717) is 19.4 Å². The summed E-state index contributed by atoms with van der Waals surface area (Å²) in [5, 5.41) is 17.3. The fourth-order valence-corrected chi connectivity index (χ4v) is 4.15. The molecule has 41 heavy (non-hydrogen) atoms. The first-order chi connectivity index (χ1) is 19.6. The van der Waals surface area contributed by atoms with Gasteiger partial charge in [-0.15, -0.1) is 0 Å². The minimum absolute atomic E-state index is 0.129. The maximum atomic E-state index is 13.5. The molecular weight excluding hydrogens is 528 g/mol. The average Bonchev–Trinajstić information content (AvgIpc) is 2.95. The number of hydrogen-bond acceptors (Lipinski definition) is 7. The van der Waals surface area contributed by atoms with Crippen molar-refractivity contribution in [2.45, 2.75) is 69.1 Å². The molecule has 0 saturated carbocycles. The molecule has 222 valence electrons. The van der Waals surface area contributed by atoms with Gasteiger partial charge in [0.1, 0.15) is 18.1 Å². The molecule has 0 aliphatic heterocycles. The zero-order valence-corrected chi connectivity index (χ0v) is 23.0. The number of rotatable bonds is 18. The van der Waals surface area contributed by atoms with E-state index in [2.05, 4.69) is 16.0 Å². The molecule has 12 heteroatoms. The Balaban J connectivity index is 2.20. The van der Waals surface area contributed by atoms with E-state index in [-0.39, 0.29) is 32.1 Å². The van der Waals surface area contributed by atoms with Crippen LogP contribution in [0.25, 0.3) is 0 Å². The molecule has 0 bridgehead atoms. The van der Waals surface area contributed by atoms with E-state index in [9.17, 15) is 29.1 Å². The Kier molecular flexibility index (Phi) is 14.0. The molecular formula is C29H40N6O6. The standard InChI is InChI=1S/C29H40N6O6/c30-16-8-7-13-22(27(38)34-23(29(40)41)14-15-25(32)36)33-28(39)24(18-20-11-5-2-6-12-20)35-26(37)21(31)17-19-9-3-1-4-10-19/h1-6,9-12,21-24H,7-8,13-18,30-31H2,(H2,32,36)(H,33,39)(H,34,38)(H,35,37)(H,40,41). The van der Waals surface area contributed by atoms with Gasteiger partial charge in [0.05, 0.1) is 6.04 Å². The Hall–Kier alpha value is -4.29. The van der Waals surface area contributed by atoms with Crippen LogP contribution in [0.15, 0.2) is 60.7 Å². The summed E-state index contributed by atoms with van der Waals surface area (Å²) in [7, 11) is 0. The number of carbonyl (C=O) groups excluding carboxylic acids is 4. The summed E-state index contributed by atoms with van der Waals surface area (Å²) >= 11 is 0. The van der Waals surface area contributed by atoms with Crippen LogP contribution < -0.4 is 33.2 Å². The molecule has 12 nitrogen and oxygen atoms in total. The molecule has 2 rings (SSSR count). The van der Waals surface area contributed by atoms with Crippen molar-refractivity contribution in [2.75, 3.05) is 6.54 Å². The predicted octanol–water partition coefficient (Wildman–Crippen LogP) is -0.267. The van der Waals surface area contributed by atoms with Gasteiger partial charge >= 0.3 is 5.97 Å². The number of unbranched alkanes of at least 4 members (excludes halogenated alkanes) is 1. The molecule has 0 aromatic heterocycles. The van der Waals surface area contributed by atoms with Crippen LogP contribution in [0.1, 0.15) is 43.2 Å². The number of carboxylic acid groups (broad SMARTS) is 1. The van der Waals surface area contributed by atoms with Crippen LogP contribution in [0.3, 0.4) is 0 Å². The van der Waals surface area contributed by atoms with Gasteiger partial charge in [-0.05, 0) is 49.8 Å². The maximum Gasteiger partial charge on any atom is 0.326 e. The van der Waals surface area contributed by atoms with Gasteiger partial charge in [0, 0.05) is 12.8 Å². The number of amides is 4. The average molecular weight is 569 g/mol. The fourth-order valence-electron chi connectivity index (χ4n) is 4.15. The third-order valence-corrected chi connectivity index (χ3v) is 6.42. The summed E-state index contributed by atoms with van der Waals surface area (Å²) in [6.07, 6.45) is 1.17. The monoisotopic (exact) mass is 568 g/mol. The lowest BCUT2D eigenvalue weighted by Gasteiger charge is -2.25. The number of carbonyl (C=O) groups is 5. The summed E-state index contributed by atoms with van der Waals surface area (Å²) < 4.78 is 0. The highest BCUT2D eigenvalue weighted by Gasteiger charge is 2.30. The molecule has 4 atom stereocenters. The lowest BCUT2D eigenvalue weighted by Crippen LogP contribution is -2.57. The van der Waals surface area contributed by atoms with E-state index in [1.807, 2.05) is 36.4 Å². The number of nitrogens with one attached hydrogen (secondary N) is 3. The van der Waals surface area contributed by atoms with Gasteiger partial charge in [-0.2, -0.15) is 0 Å². The first-order valence-corrected chi connectivity index (χ1v) is 13.6. The van der Waals surface area contributed by atoms with Crippen LogP contribution >= 0.6 is 0 Å². The van der Waals surface area contributed by atoms with Crippen LogP contribution in [0.4, 0.5) is 0 Å². The smallest absolute Gasteiger partial charge is 0.326 e. The molecule has 0 radical (unpaired) electrons. The van der Waals surface area contributed by atoms with Gasteiger partial charge in [-0.3, -0.25) is 19.2 Å². The highest BCUT2D eigenvalue weighted by atomic mass is 16.4. The Morgan fingerprint density at radius 3 is 1.73 bits per heavy atom. The van der Waals surface area contributed by atoms with Crippen molar-refractivity contribution in [3.8, 4) is 0 Å². The van der Waals surface area contributed by atoms with Gasteiger partial charge in [-0.25, -0.2) is 4.79 Å². The first kappa shape index (κ1) is 32.9. The summed E-state index contributed by atoms with van der Waals surface area (Å²) in [5.41, 5.74) is 18.5. The van der Waals surface area contributed by atoms with Gasteiger partial charge in [0.2, 0.25) is 23.6 Å². The second-order valence-electron chi connectivity index (χ2n) is 9.80. The van der Waals surface area contributed by atoms with E-state index in [4.69, 9.17) is 17.2 Å². The van der Waals surface area contributed by atoms with Crippen LogP contribution in [0.5, 0.6) is 0 Å². The third-order valence-electron chi connectivity index (χ3n) is 6.42. The molecule has 0 fully saturated rings. The van der Waals surface area contributed by atoms with Crippen molar-refractivity contribution >= 4 is 29.6 Å². The van der Waals surface area contributed by atoms with Crippen LogP contribution in [-0.2, 0) is 36.8 Å². The van der Waals surface area contributed by atoms with E-state index in [0.717, 1.165) is 11.1 Å². The Morgan fingerprint density at radius 1 is 0.683 bits per heavy atom. The summed E-state index contributed by atoms with van der Waals surface area (Å²) in [5.74, 6) is -3.95. The van der Waals surface area contributed by atoms with Crippen molar-refractivity contribution < 1.29 is 29.1 Å². The largest absolute Gasteiger partial charge is 0.480 e. The van der Waals surface area contributed by atoms with Crippen molar-refractivity contribution in [2.24, 2.45) is 17.2 Å². The molecule has 0 spiro atoms. The van der Waals surface area contributed by atoms with Gasteiger partial charge < -0.3 is 38.3 Å². The first-order valence-electron chi connectivity index (χ1n) is 13.6. The Labute approximate surface area is 239 Å². The number of carboxylic acids is 1. The Bertz CT molecular complexity index is 1150. The van der Waals surface area contributed by atoms with Gasteiger partial charge in [0.25, 0.3) is 0 Å². The molecule has 0 heterocycles. The quantitative estimate of drug-likeness (QED) is 0.118. The number of aliphatic carboxylic acids is 1. The van der Waals surface area contributed by atoms with Crippen molar-refractivity contribution in [1.29, 1.82) is 0 Å². The minimum atomic E-state index is -1.38. The zero-order valence-electron chi connectivity index (χ0n) is 23.0. The van der Waals surface area contributed by atoms with E-state index in [1.54, 1.807) is 24.3 Å². The number of hydrogen-bond donors (Lipinski definition) is 7. The van der Waals surface area contributed by atoms with Crippen LogP contribution in [0.2, 0.25) is 0 Å². The molecule has 4 unspecified atom stereocenters. The van der Waals surface area contributed by atoms with E-state index < -0.39 is 53.8 Å². The maximum absolute atomic E-state index is 13.5. The lowest BCUT2D eigenvalue weighted by molar-refractivity contribution is -0.142. The SMILES string of the molecule is NCCCCC(NC(=O)C(Cc1ccccc1)NC(=O)C(N)Cc1ccccc1)C(=O)NC(CCC(N)=O)C(=O)O. The minimum Gasteiger partial charge on any atom is -0.480 e. The second kappa shape index (κ2) is 17.4. The molecule has 0 aliphatic rings. The normalized spacial score (nSPS) is 13.7. The molecule has 10 N–H and O–H groups in total. The highest BCUT2D eigenvalue weighted by molar-refractivity contribution is 5.94. The predicted molar refractivity (Wildman–Crippen MR) is 153 cm³/mol. The topological polar surface area (TPSA) is 220 Å². The van der Waals surface area contributed by atoms with Crippen molar-refractivity contribution in [1.82, 2.24) is 16.0 Å². The lowest BCUT2D eigenvalue weighted by atomic mass is 10.0. The van der Waals surface area contributed by atoms with E-state index >= 15 is 0 Å². The molecule has 2 aromatic carbocycles. The molecule has 2 aromatic rings.